The molecular formula is C20H13FN4O4S. The van der Waals surface area contributed by atoms with Crippen molar-refractivity contribution in [2.24, 2.45) is 4.99 Å². The van der Waals surface area contributed by atoms with E-state index in [1.165, 1.54) is 22.8 Å². The van der Waals surface area contributed by atoms with Gasteiger partial charge in [-0.3, -0.25) is 14.2 Å². The van der Waals surface area contributed by atoms with E-state index in [1.54, 1.807) is 0 Å². The molecule has 8 nitrogen and oxygen atoms in total. The van der Waals surface area contributed by atoms with Crippen molar-refractivity contribution in [3.8, 4) is 11.5 Å². The molecular weight excluding hydrogens is 411 g/mol. The number of anilines is 2. The second-order valence-corrected chi connectivity index (χ2v) is 7.96. The first kappa shape index (κ1) is 17.2. The van der Waals surface area contributed by atoms with Gasteiger partial charge in [-0.25, -0.2) is 9.38 Å². The second kappa shape index (κ2) is 6.17. The van der Waals surface area contributed by atoms with E-state index in [0.29, 0.717) is 34.2 Å². The van der Waals surface area contributed by atoms with Crippen molar-refractivity contribution in [1.82, 2.24) is 4.57 Å². The van der Waals surface area contributed by atoms with Gasteiger partial charge in [0.25, 0.3) is 11.5 Å². The molecule has 3 aliphatic rings. The normalized spacial score (nSPS) is 18.0. The van der Waals surface area contributed by atoms with Crippen LogP contribution in [-0.2, 0) is 11.5 Å². The Morgan fingerprint density at radius 3 is 2.87 bits per heavy atom. The molecule has 6 rings (SSSR count). The largest absolute Gasteiger partial charge is 0.454 e. The molecule has 0 atom stereocenters. The predicted octanol–water partition coefficient (Wildman–Crippen LogP) is 0.983. The number of benzene rings is 2. The monoisotopic (exact) mass is 424 g/mol. The number of rotatable bonds is 1. The first-order chi connectivity index (χ1) is 14.6. The van der Waals surface area contributed by atoms with Crippen LogP contribution in [0.3, 0.4) is 0 Å². The molecule has 3 aromatic rings. The third-order valence-electron chi connectivity index (χ3n) is 5.23. The molecule has 4 heterocycles. The van der Waals surface area contributed by atoms with Gasteiger partial charge in [0.05, 0.1) is 5.57 Å². The molecule has 1 amide bonds. The maximum Gasteiger partial charge on any atom is 0.272 e. The van der Waals surface area contributed by atoms with Gasteiger partial charge >= 0.3 is 0 Å². The molecule has 0 bridgehead atoms. The van der Waals surface area contributed by atoms with Crippen molar-refractivity contribution in [3.05, 3.63) is 67.5 Å². The average Bonchev–Trinajstić information content (AvgIpc) is 3.42. The number of ether oxygens (including phenoxy) is 2. The van der Waals surface area contributed by atoms with Crippen LogP contribution in [0.25, 0.3) is 5.57 Å². The van der Waals surface area contributed by atoms with E-state index in [2.05, 4.69) is 10.3 Å². The Morgan fingerprint density at radius 2 is 1.97 bits per heavy atom. The third kappa shape index (κ3) is 2.47. The molecule has 0 saturated carbocycles. The molecule has 0 fully saturated rings. The summed E-state index contributed by atoms with van der Waals surface area (Å²) in [7, 11) is 0. The van der Waals surface area contributed by atoms with Crippen LogP contribution in [0.2, 0.25) is 0 Å². The van der Waals surface area contributed by atoms with Crippen molar-refractivity contribution in [1.29, 1.82) is 0 Å². The maximum atomic E-state index is 13.8. The summed E-state index contributed by atoms with van der Waals surface area (Å²) in [5.74, 6) is 0.439. The Balaban J connectivity index is 1.45. The molecule has 1 aromatic heterocycles. The third-order valence-corrected chi connectivity index (χ3v) is 6.34. The topological polar surface area (TPSA) is 85.2 Å². The Bertz CT molecular complexity index is 1430. The van der Waals surface area contributed by atoms with Gasteiger partial charge in [-0.15, -0.1) is 0 Å². The van der Waals surface area contributed by atoms with Gasteiger partial charge in [0.15, 0.2) is 16.3 Å². The molecule has 0 spiro atoms. The van der Waals surface area contributed by atoms with Crippen molar-refractivity contribution < 1.29 is 18.7 Å². The highest BCUT2D eigenvalue weighted by molar-refractivity contribution is 7.07. The molecule has 30 heavy (non-hydrogen) atoms. The summed E-state index contributed by atoms with van der Waals surface area (Å²) in [6, 6.07) is 9.57. The highest BCUT2D eigenvalue weighted by Gasteiger charge is 2.28. The van der Waals surface area contributed by atoms with Gasteiger partial charge in [0.2, 0.25) is 6.79 Å². The molecule has 0 saturated heterocycles. The van der Waals surface area contributed by atoms with Gasteiger partial charge < -0.3 is 19.7 Å². The summed E-state index contributed by atoms with van der Waals surface area (Å²) in [6.07, 6.45) is 0. The fourth-order valence-corrected chi connectivity index (χ4v) is 4.83. The lowest BCUT2D eigenvalue weighted by Crippen LogP contribution is -2.43. The van der Waals surface area contributed by atoms with Crippen molar-refractivity contribution in [2.45, 2.75) is 6.67 Å². The fraction of sp³-hybridized carbons (Fsp3) is 0.150. The van der Waals surface area contributed by atoms with Crippen LogP contribution in [0.15, 0.2) is 46.2 Å². The van der Waals surface area contributed by atoms with Crippen LogP contribution in [0, 0.1) is 5.82 Å². The van der Waals surface area contributed by atoms with Crippen LogP contribution >= 0.6 is 11.3 Å². The lowest BCUT2D eigenvalue weighted by atomic mass is 10.1. The Kier molecular flexibility index (Phi) is 3.54. The fourth-order valence-electron chi connectivity index (χ4n) is 3.77. The maximum absolute atomic E-state index is 13.8. The second-order valence-electron chi connectivity index (χ2n) is 6.98. The van der Waals surface area contributed by atoms with Crippen LogP contribution < -0.4 is 34.6 Å². The van der Waals surface area contributed by atoms with E-state index in [9.17, 15) is 14.0 Å². The first-order valence-corrected chi connectivity index (χ1v) is 9.94. The summed E-state index contributed by atoms with van der Waals surface area (Å²) in [6.45, 7) is 0.813. The lowest BCUT2D eigenvalue weighted by molar-refractivity contribution is -0.110. The summed E-state index contributed by atoms with van der Waals surface area (Å²) in [4.78, 5) is 32.6. The number of carbonyl (C=O) groups excluding carboxylic acids is 1. The molecule has 10 heteroatoms. The van der Waals surface area contributed by atoms with Gasteiger partial charge in [0, 0.05) is 23.0 Å². The van der Waals surface area contributed by atoms with Crippen LogP contribution in [0.4, 0.5) is 15.8 Å². The number of nitrogens with zero attached hydrogens (tertiary/aromatic N) is 3. The lowest BCUT2D eigenvalue weighted by Gasteiger charge is -2.25. The number of aromatic nitrogens is 1. The van der Waals surface area contributed by atoms with E-state index in [1.807, 2.05) is 23.1 Å². The summed E-state index contributed by atoms with van der Waals surface area (Å²) in [5, 5.41) is 2.69. The zero-order chi connectivity index (χ0) is 20.4. The van der Waals surface area contributed by atoms with Gasteiger partial charge in [0.1, 0.15) is 23.7 Å². The zero-order valence-electron chi connectivity index (χ0n) is 15.3. The van der Waals surface area contributed by atoms with E-state index in [4.69, 9.17) is 9.47 Å². The summed E-state index contributed by atoms with van der Waals surface area (Å²) < 4.78 is 26.3. The minimum atomic E-state index is -0.470. The number of halogens is 1. The number of hydrogen-bond acceptors (Lipinski definition) is 7. The molecule has 0 unspecified atom stereocenters. The Labute approximate surface area is 172 Å². The average molecular weight is 424 g/mol. The summed E-state index contributed by atoms with van der Waals surface area (Å²) in [5.41, 5.74) is 1.58. The number of amides is 1. The van der Waals surface area contributed by atoms with Crippen molar-refractivity contribution in [2.75, 3.05) is 23.7 Å². The minimum absolute atomic E-state index is 0.184. The number of carbonyl (C=O) groups is 1. The van der Waals surface area contributed by atoms with E-state index in [-0.39, 0.29) is 29.1 Å². The van der Waals surface area contributed by atoms with Crippen LogP contribution in [0.5, 0.6) is 11.5 Å². The van der Waals surface area contributed by atoms with Crippen molar-refractivity contribution in [3.63, 3.8) is 0 Å². The Morgan fingerprint density at radius 1 is 1.10 bits per heavy atom. The number of thiazole rings is 1. The van der Waals surface area contributed by atoms with E-state index < -0.39 is 11.7 Å². The zero-order valence-corrected chi connectivity index (χ0v) is 16.2. The van der Waals surface area contributed by atoms with Gasteiger partial charge in [-0.2, -0.15) is 0 Å². The summed E-state index contributed by atoms with van der Waals surface area (Å²) >= 11 is 1.14. The quantitative estimate of drug-likeness (QED) is 0.630. The first-order valence-electron chi connectivity index (χ1n) is 9.13. The molecule has 0 radical (unpaired) electrons. The van der Waals surface area contributed by atoms with E-state index in [0.717, 1.165) is 17.0 Å². The molecule has 3 aliphatic heterocycles. The predicted molar refractivity (Wildman–Crippen MR) is 107 cm³/mol. The van der Waals surface area contributed by atoms with Gasteiger partial charge in [-0.05, 0) is 30.3 Å². The van der Waals surface area contributed by atoms with Crippen LogP contribution in [-0.4, -0.2) is 23.9 Å². The SMILES string of the molecule is O=C1Nc2ccc(F)cc2C1=c1sc2n(c1=O)CN(c1ccc3c(c1)OCO3)CN=2. The highest BCUT2D eigenvalue weighted by atomic mass is 32.1. The smallest absolute Gasteiger partial charge is 0.272 e. The van der Waals surface area contributed by atoms with Crippen molar-refractivity contribution >= 4 is 34.2 Å². The molecule has 0 aliphatic carbocycles. The number of fused-ring (bicyclic) bond motifs is 3. The van der Waals surface area contributed by atoms with E-state index >= 15 is 0 Å². The number of nitrogens with one attached hydrogen (secondary N) is 1. The highest BCUT2D eigenvalue weighted by Crippen LogP contribution is 2.35. The standard InChI is InChI=1S/C20H13FN4O4S/c21-10-1-3-13-12(5-10)16(18(26)23-13)17-19(27)25-8-24(7-22-20(25)30-17)11-2-4-14-15(6-11)29-9-28-14/h1-6H,7-9H2,(H,23,26). The molecule has 2 aromatic carbocycles. The molecule has 1 N–H and O–H groups in total. The Hall–Kier alpha value is -3.66. The molecule has 150 valence electrons. The minimum Gasteiger partial charge on any atom is -0.454 e. The number of hydrogen-bond donors (Lipinski definition) is 1. The van der Waals surface area contributed by atoms with Gasteiger partial charge in [-0.1, -0.05) is 11.3 Å². The van der Waals surface area contributed by atoms with Crippen LogP contribution in [0.1, 0.15) is 5.56 Å².